The van der Waals surface area contributed by atoms with Crippen LogP contribution in [0.3, 0.4) is 0 Å². The lowest BCUT2D eigenvalue weighted by molar-refractivity contribution is 0.0950. The van der Waals surface area contributed by atoms with Gasteiger partial charge >= 0.3 is 0 Å². The highest BCUT2D eigenvalue weighted by atomic mass is 16.1. The molecule has 1 aromatic carbocycles. The highest BCUT2D eigenvalue weighted by Crippen LogP contribution is 2.19. The minimum Gasteiger partial charge on any atom is -0.368 e. The fourth-order valence-corrected chi connectivity index (χ4v) is 3.11. The summed E-state index contributed by atoms with van der Waals surface area (Å²) in [5.41, 5.74) is 9.79. The van der Waals surface area contributed by atoms with E-state index >= 15 is 0 Å². The highest BCUT2D eigenvalue weighted by molar-refractivity contribution is 5.95. The van der Waals surface area contributed by atoms with Crippen molar-refractivity contribution in [3.8, 4) is 11.1 Å². The Bertz CT molecular complexity index is 925. The second-order valence-corrected chi connectivity index (χ2v) is 6.47. The first-order valence-electron chi connectivity index (χ1n) is 8.91. The summed E-state index contributed by atoms with van der Waals surface area (Å²) >= 11 is 0. The molecule has 0 saturated carbocycles. The van der Waals surface area contributed by atoms with Crippen molar-refractivity contribution in [2.24, 2.45) is 0 Å². The predicted molar refractivity (Wildman–Crippen MR) is 102 cm³/mol. The fraction of sp³-hybridized carbons (Fsp3) is 0.263. The van der Waals surface area contributed by atoms with E-state index in [2.05, 4.69) is 25.7 Å². The van der Waals surface area contributed by atoms with Crippen molar-refractivity contribution in [2.45, 2.75) is 26.1 Å². The van der Waals surface area contributed by atoms with E-state index in [0.29, 0.717) is 12.1 Å². The number of hydrogen-bond donors (Lipinski definition) is 3. The molecule has 0 fully saturated rings. The number of hydrogen-bond acceptors (Lipinski definition) is 6. The van der Waals surface area contributed by atoms with E-state index in [4.69, 9.17) is 5.73 Å². The van der Waals surface area contributed by atoms with Gasteiger partial charge in [-0.1, -0.05) is 12.1 Å². The molecule has 0 spiro atoms. The molecule has 0 atom stereocenters. The number of amides is 1. The number of aryl methyl sites for hydroxylation is 1. The fourth-order valence-electron chi connectivity index (χ4n) is 3.11. The van der Waals surface area contributed by atoms with Gasteiger partial charge in [-0.15, -0.1) is 0 Å². The molecule has 0 radical (unpaired) electrons. The SMILES string of the molecule is Nc1ncc(-c2cccc(C(=O)NCc3cc4n(n3)CCCNC4)c2)cn1. The van der Waals surface area contributed by atoms with Crippen LogP contribution in [0.2, 0.25) is 0 Å². The Labute approximate surface area is 156 Å². The number of aromatic nitrogens is 4. The summed E-state index contributed by atoms with van der Waals surface area (Å²) in [5.74, 6) is 0.0795. The number of fused-ring (bicyclic) bond motifs is 1. The van der Waals surface area contributed by atoms with E-state index in [1.807, 2.05) is 28.9 Å². The van der Waals surface area contributed by atoms with Crippen molar-refractivity contribution in [1.29, 1.82) is 0 Å². The predicted octanol–water partition coefficient (Wildman–Crippen LogP) is 1.35. The topological polar surface area (TPSA) is 111 Å². The van der Waals surface area contributed by atoms with Crippen LogP contribution in [0.1, 0.15) is 28.2 Å². The van der Waals surface area contributed by atoms with Gasteiger partial charge in [-0.25, -0.2) is 9.97 Å². The van der Waals surface area contributed by atoms with Crippen LogP contribution in [0, 0.1) is 0 Å². The van der Waals surface area contributed by atoms with Crippen molar-refractivity contribution >= 4 is 11.9 Å². The van der Waals surface area contributed by atoms with Gasteiger partial charge in [0.15, 0.2) is 0 Å². The first-order chi connectivity index (χ1) is 13.2. The van der Waals surface area contributed by atoms with Gasteiger partial charge in [-0.3, -0.25) is 9.48 Å². The van der Waals surface area contributed by atoms with E-state index in [-0.39, 0.29) is 11.9 Å². The summed E-state index contributed by atoms with van der Waals surface area (Å²) in [6.07, 6.45) is 4.35. The van der Waals surface area contributed by atoms with E-state index in [0.717, 1.165) is 48.6 Å². The monoisotopic (exact) mass is 363 g/mol. The van der Waals surface area contributed by atoms with Crippen LogP contribution < -0.4 is 16.4 Å². The van der Waals surface area contributed by atoms with Crippen LogP contribution in [-0.2, 0) is 19.6 Å². The molecule has 0 aliphatic carbocycles. The van der Waals surface area contributed by atoms with Crippen LogP contribution in [0.25, 0.3) is 11.1 Å². The van der Waals surface area contributed by atoms with Crippen LogP contribution in [0.15, 0.2) is 42.7 Å². The molecule has 2 aromatic heterocycles. The molecule has 1 aliphatic rings. The molecule has 4 N–H and O–H groups in total. The number of nitrogens with zero attached hydrogens (tertiary/aromatic N) is 4. The molecular formula is C19H21N7O. The summed E-state index contributed by atoms with van der Waals surface area (Å²) in [7, 11) is 0. The summed E-state index contributed by atoms with van der Waals surface area (Å²) in [4.78, 5) is 20.5. The van der Waals surface area contributed by atoms with Gasteiger partial charge in [-0.2, -0.15) is 5.10 Å². The van der Waals surface area contributed by atoms with Gasteiger partial charge in [0.05, 0.1) is 17.9 Å². The Morgan fingerprint density at radius 1 is 1.22 bits per heavy atom. The lowest BCUT2D eigenvalue weighted by atomic mass is 10.1. The number of carbonyl (C=O) groups is 1. The first-order valence-corrected chi connectivity index (χ1v) is 8.91. The maximum absolute atomic E-state index is 12.5. The van der Waals surface area contributed by atoms with Gasteiger partial charge in [0, 0.05) is 36.6 Å². The zero-order chi connectivity index (χ0) is 18.6. The third-order valence-corrected chi connectivity index (χ3v) is 4.50. The molecule has 0 bridgehead atoms. The van der Waals surface area contributed by atoms with Gasteiger partial charge in [0.25, 0.3) is 5.91 Å². The Morgan fingerprint density at radius 3 is 2.93 bits per heavy atom. The number of carbonyl (C=O) groups excluding carboxylic acids is 1. The molecule has 4 rings (SSSR count). The summed E-state index contributed by atoms with van der Waals surface area (Å²) in [5, 5.41) is 10.9. The molecule has 3 aromatic rings. The summed E-state index contributed by atoms with van der Waals surface area (Å²) in [6, 6.07) is 9.39. The second-order valence-electron chi connectivity index (χ2n) is 6.47. The third-order valence-electron chi connectivity index (χ3n) is 4.50. The summed E-state index contributed by atoms with van der Waals surface area (Å²) in [6.45, 7) is 3.12. The lowest BCUT2D eigenvalue weighted by Crippen LogP contribution is -2.23. The number of anilines is 1. The van der Waals surface area contributed by atoms with Crippen LogP contribution in [-0.4, -0.2) is 32.2 Å². The molecule has 1 aliphatic heterocycles. The quantitative estimate of drug-likeness (QED) is 0.645. The molecule has 138 valence electrons. The number of nitrogens with two attached hydrogens (primary N) is 1. The maximum atomic E-state index is 12.5. The maximum Gasteiger partial charge on any atom is 0.251 e. The van der Waals surface area contributed by atoms with Crippen molar-refractivity contribution in [1.82, 2.24) is 30.4 Å². The second kappa shape index (κ2) is 7.55. The van der Waals surface area contributed by atoms with Crippen molar-refractivity contribution in [3.05, 3.63) is 59.7 Å². The zero-order valence-electron chi connectivity index (χ0n) is 14.9. The minimum atomic E-state index is -0.144. The highest BCUT2D eigenvalue weighted by Gasteiger charge is 2.12. The van der Waals surface area contributed by atoms with Crippen molar-refractivity contribution in [3.63, 3.8) is 0 Å². The Kier molecular flexibility index (Phi) is 4.80. The number of benzene rings is 1. The standard InChI is InChI=1S/C19H21N7O/c20-19-23-9-15(10-24-19)13-3-1-4-14(7-13)18(27)22-11-16-8-17-12-21-5-2-6-26(17)25-16/h1,3-4,7-10,21H,2,5-6,11-12H2,(H,22,27)(H2,20,23,24). The largest absolute Gasteiger partial charge is 0.368 e. The van der Waals surface area contributed by atoms with E-state index in [9.17, 15) is 4.79 Å². The van der Waals surface area contributed by atoms with Crippen LogP contribution in [0.5, 0.6) is 0 Å². The zero-order valence-corrected chi connectivity index (χ0v) is 14.9. The Balaban J connectivity index is 1.44. The van der Waals surface area contributed by atoms with Crippen LogP contribution in [0.4, 0.5) is 5.95 Å². The Hall–Kier alpha value is -3.26. The van der Waals surface area contributed by atoms with E-state index < -0.39 is 0 Å². The molecule has 0 saturated heterocycles. The molecule has 8 heteroatoms. The molecule has 8 nitrogen and oxygen atoms in total. The van der Waals surface area contributed by atoms with Gasteiger partial charge < -0.3 is 16.4 Å². The van der Waals surface area contributed by atoms with Crippen molar-refractivity contribution in [2.75, 3.05) is 12.3 Å². The number of nitrogen functional groups attached to an aromatic ring is 1. The smallest absolute Gasteiger partial charge is 0.251 e. The molecule has 0 unspecified atom stereocenters. The lowest BCUT2D eigenvalue weighted by Gasteiger charge is -2.06. The number of rotatable bonds is 4. The Morgan fingerprint density at radius 2 is 2.07 bits per heavy atom. The van der Waals surface area contributed by atoms with E-state index in [1.165, 1.54) is 0 Å². The van der Waals surface area contributed by atoms with E-state index in [1.54, 1.807) is 18.5 Å². The van der Waals surface area contributed by atoms with Crippen LogP contribution >= 0.6 is 0 Å². The van der Waals surface area contributed by atoms with Gasteiger partial charge in [0.2, 0.25) is 5.95 Å². The van der Waals surface area contributed by atoms with Gasteiger partial charge in [0.1, 0.15) is 0 Å². The molecular weight excluding hydrogens is 342 g/mol. The van der Waals surface area contributed by atoms with Gasteiger partial charge in [-0.05, 0) is 36.7 Å². The molecule has 27 heavy (non-hydrogen) atoms. The third kappa shape index (κ3) is 3.95. The average molecular weight is 363 g/mol. The molecule has 1 amide bonds. The number of nitrogens with one attached hydrogen (secondary N) is 2. The first kappa shape index (κ1) is 17.2. The van der Waals surface area contributed by atoms with Crippen molar-refractivity contribution < 1.29 is 4.79 Å². The summed E-state index contributed by atoms with van der Waals surface area (Å²) < 4.78 is 2.02. The molecule has 3 heterocycles. The average Bonchev–Trinajstić information content (AvgIpc) is 2.96. The normalized spacial score (nSPS) is 13.6. The minimum absolute atomic E-state index is 0.144.